The van der Waals surface area contributed by atoms with Crippen LogP contribution in [0.1, 0.15) is 34.1 Å². The Balaban J connectivity index is 3.77. The first-order chi connectivity index (χ1) is 6.23. The van der Waals surface area contributed by atoms with E-state index in [0.29, 0.717) is 13.0 Å². The summed E-state index contributed by atoms with van der Waals surface area (Å²) >= 11 is 0. The van der Waals surface area contributed by atoms with Crippen LogP contribution in [0.4, 0.5) is 0 Å². The van der Waals surface area contributed by atoms with E-state index in [2.05, 4.69) is 5.32 Å². The fourth-order valence-electron chi connectivity index (χ4n) is 0.993. The molecular weight excluding hydrogens is 180 g/mol. The highest BCUT2D eigenvalue weighted by Gasteiger charge is 2.22. The third kappa shape index (κ3) is 5.94. The van der Waals surface area contributed by atoms with Crippen molar-refractivity contribution in [1.82, 2.24) is 5.32 Å². The predicted molar refractivity (Wildman–Crippen MR) is 56.7 cm³/mol. The van der Waals surface area contributed by atoms with Crippen molar-refractivity contribution in [2.45, 2.75) is 46.3 Å². The van der Waals surface area contributed by atoms with Gasteiger partial charge in [0.2, 0.25) is 5.91 Å². The van der Waals surface area contributed by atoms with Crippen LogP contribution in [0.5, 0.6) is 0 Å². The van der Waals surface area contributed by atoms with Crippen LogP contribution in [-0.4, -0.2) is 29.7 Å². The van der Waals surface area contributed by atoms with E-state index >= 15 is 0 Å². The van der Waals surface area contributed by atoms with Crippen LogP contribution in [0.25, 0.3) is 0 Å². The zero-order valence-electron chi connectivity index (χ0n) is 9.50. The summed E-state index contributed by atoms with van der Waals surface area (Å²) in [6.07, 6.45) is -0.116. The Bertz CT molecular complexity index is 187. The minimum atomic E-state index is -0.419. The second-order valence-electron chi connectivity index (χ2n) is 4.86. The smallest absolute Gasteiger partial charge is 0.218 e. The number of aliphatic hydroxyl groups excluding tert-OH is 1. The van der Waals surface area contributed by atoms with Crippen molar-refractivity contribution in [2.24, 2.45) is 11.1 Å². The van der Waals surface area contributed by atoms with Gasteiger partial charge in [-0.25, -0.2) is 0 Å². The highest BCUT2D eigenvalue weighted by Crippen LogP contribution is 2.18. The van der Waals surface area contributed by atoms with Gasteiger partial charge < -0.3 is 16.2 Å². The normalized spacial score (nSPS) is 16.4. The van der Waals surface area contributed by atoms with Crippen LogP contribution in [0.15, 0.2) is 0 Å². The van der Waals surface area contributed by atoms with Gasteiger partial charge in [-0.3, -0.25) is 4.79 Å². The van der Waals surface area contributed by atoms with Gasteiger partial charge in [-0.1, -0.05) is 20.8 Å². The Labute approximate surface area is 85.9 Å². The third-order valence-electron chi connectivity index (χ3n) is 2.17. The van der Waals surface area contributed by atoms with Gasteiger partial charge in [0.05, 0.1) is 6.10 Å². The maximum Gasteiger partial charge on any atom is 0.218 e. The van der Waals surface area contributed by atoms with E-state index in [1.807, 2.05) is 27.7 Å². The van der Waals surface area contributed by atoms with Gasteiger partial charge in [0.25, 0.3) is 0 Å². The molecule has 0 aromatic rings. The largest absolute Gasteiger partial charge is 0.391 e. The van der Waals surface area contributed by atoms with E-state index in [0.717, 1.165) is 0 Å². The summed E-state index contributed by atoms with van der Waals surface area (Å²) in [6.45, 7) is 8.27. The SMILES string of the molecule is CC(CC(N)=O)NCC(O)C(C)(C)C. The molecular formula is C10H22N2O2. The number of amides is 1. The molecule has 0 aromatic heterocycles. The number of nitrogens with two attached hydrogens (primary N) is 1. The minimum Gasteiger partial charge on any atom is -0.391 e. The maximum atomic E-state index is 10.6. The molecule has 84 valence electrons. The molecule has 0 bridgehead atoms. The van der Waals surface area contributed by atoms with Gasteiger partial charge in [-0.2, -0.15) is 0 Å². The summed E-state index contributed by atoms with van der Waals surface area (Å²) in [4.78, 5) is 10.6. The number of carbonyl (C=O) groups excluding carboxylic acids is 1. The Kier molecular flexibility index (Phi) is 5.08. The van der Waals surface area contributed by atoms with Crippen molar-refractivity contribution < 1.29 is 9.90 Å². The number of nitrogens with one attached hydrogen (secondary N) is 1. The third-order valence-corrected chi connectivity index (χ3v) is 2.17. The summed E-state index contributed by atoms with van der Waals surface area (Å²) in [6, 6.07) is 0.0181. The topological polar surface area (TPSA) is 75.4 Å². The summed E-state index contributed by atoms with van der Waals surface area (Å²) in [7, 11) is 0. The maximum absolute atomic E-state index is 10.6. The lowest BCUT2D eigenvalue weighted by molar-refractivity contribution is -0.118. The van der Waals surface area contributed by atoms with Crippen molar-refractivity contribution in [2.75, 3.05) is 6.54 Å². The van der Waals surface area contributed by atoms with Crippen molar-refractivity contribution in [3.8, 4) is 0 Å². The molecule has 0 heterocycles. The first-order valence-electron chi connectivity index (χ1n) is 4.93. The number of hydrogen-bond donors (Lipinski definition) is 3. The summed E-state index contributed by atoms with van der Waals surface area (Å²) in [5.74, 6) is -0.324. The first kappa shape index (κ1) is 13.4. The summed E-state index contributed by atoms with van der Waals surface area (Å²) < 4.78 is 0. The average molecular weight is 202 g/mol. The Morgan fingerprint density at radius 1 is 1.50 bits per heavy atom. The van der Waals surface area contributed by atoms with E-state index in [4.69, 9.17) is 5.73 Å². The summed E-state index contributed by atoms with van der Waals surface area (Å²) in [5, 5.41) is 12.8. The van der Waals surface area contributed by atoms with E-state index in [-0.39, 0.29) is 17.4 Å². The predicted octanol–water partition coefficient (Wildman–Crippen LogP) is 0.247. The molecule has 0 spiro atoms. The van der Waals surface area contributed by atoms with Gasteiger partial charge in [0.15, 0.2) is 0 Å². The molecule has 0 aromatic carbocycles. The standard InChI is InChI=1S/C10H22N2O2/c1-7(5-9(11)14)12-6-8(13)10(2,3)4/h7-8,12-13H,5-6H2,1-4H3,(H2,11,14). The van der Waals surface area contributed by atoms with Gasteiger partial charge >= 0.3 is 0 Å². The molecule has 0 rings (SSSR count). The van der Waals surface area contributed by atoms with E-state index in [1.165, 1.54) is 0 Å². The zero-order chi connectivity index (χ0) is 11.4. The lowest BCUT2D eigenvalue weighted by Crippen LogP contribution is -2.41. The number of carbonyl (C=O) groups is 1. The quantitative estimate of drug-likeness (QED) is 0.598. The molecule has 2 unspecified atom stereocenters. The van der Waals surface area contributed by atoms with Crippen LogP contribution in [0.2, 0.25) is 0 Å². The van der Waals surface area contributed by atoms with E-state index in [9.17, 15) is 9.90 Å². The van der Waals surface area contributed by atoms with Crippen molar-refractivity contribution in [1.29, 1.82) is 0 Å². The Morgan fingerprint density at radius 3 is 2.36 bits per heavy atom. The van der Waals surface area contributed by atoms with Gasteiger partial charge in [-0.05, 0) is 12.3 Å². The van der Waals surface area contributed by atoms with Crippen molar-refractivity contribution >= 4 is 5.91 Å². The molecule has 0 saturated heterocycles. The average Bonchev–Trinajstić information content (AvgIpc) is 1.96. The van der Waals surface area contributed by atoms with Gasteiger partial charge in [0.1, 0.15) is 0 Å². The van der Waals surface area contributed by atoms with Crippen molar-refractivity contribution in [3.63, 3.8) is 0 Å². The van der Waals surface area contributed by atoms with E-state index < -0.39 is 6.10 Å². The molecule has 0 fully saturated rings. The minimum absolute atomic E-state index is 0.0181. The fourth-order valence-corrected chi connectivity index (χ4v) is 0.993. The lowest BCUT2D eigenvalue weighted by atomic mass is 9.89. The highest BCUT2D eigenvalue weighted by molar-refractivity contribution is 5.74. The van der Waals surface area contributed by atoms with Crippen LogP contribution in [0, 0.1) is 5.41 Å². The van der Waals surface area contributed by atoms with Crippen LogP contribution >= 0.6 is 0 Å². The van der Waals surface area contributed by atoms with E-state index in [1.54, 1.807) is 0 Å². The molecule has 0 aliphatic rings. The molecule has 4 nitrogen and oxygen atoms in total. The molecule has 0 radical (unpaired) electrons. The second kappa shape index (κ2) is 5.32. The molecule has 1 amide bonds. The Hall–Kier alpha value is -0.610. The number of aliphatic hydroxyl groups is 1. The number of rotatable bonds is 5. The first-order valence-corrected chi connectivity index (χ1v) is 4.93. The highest BCUT2D eigenvalue weighted by atomic mass is 16.3. The van der Waals surface area contributed by atoms with Gasteiger partial charge in [-0.15, -0.1) is 0 Å². The summed E-state index contributed by atoms with van der Waals surface area (Å²) in [5.41, 5.74) is 4.90. The van der Waals surface area contributed by atoms with Crippen LogP contribution in [-0.2, 0) is 4.79 Å². The Morgan fingerprint density at radius 2 is 2.00 bits per heavy atom. The van der Waals surface area contributed by atoms with Crippen LogP contribution in [0.3, 0.4) is 0 Å². The molecule has 0 aliphatic carbocycles. The van der Waals surface area contributed by atoms with Gasteiger partial charge in [0, 0.05) is 19.0 Å². The number of hydrogen-bond acceptors (Lipinski definition) is 3. The second-order valence-corrected chi connectivity index (χ2v) is 4.86. The lowest BCUT2D eigenvalue weighted by Gasteiger charge is -2.27. The molecule has 2 atom stereocenters. The fraction of sp³-hybridized carbons (Fsp3) is 0.900. The zero-order valence-corrected chi connectivity index (χ0v) is 9.50. The molecule has 4 N–H and O–H groups in total. The molecule has 4 heteroatoms. The number of primary amides is 1. The van der Waals surface area contributed by atoms with Crippen molar-refractivity contribution in [3.05, 3.63) is 0 Å². The van der Waals surface area contributed by atoms with Crippen LogP contribution < -0.4 is 11.1 Å². The monoisotopic (exact) mass is 202 g/mol. The molecule has 0 saturated carbocycles. The molecule has 0 aliphatic heterocycles. The molecule has 14 heavy (non-hydrogen) atoms.